The lowest BCUT2D eigenvalue weighted by atomic mass is 10.1. The highest BCUT2D eigenvalue weighted by Crippen LogP contribution is 2.38. The minimum Gasteiger partial charge on any atom is -0.479 e. The third-order valence-electron chi connectivity index (χ3n) is 4.49. The highest BCUT2D eigenvalue weighted by atomic mass is 16.4. The summed E-state index contributed by atoms with van der Waals surface area (Å²) in [5, 5.41) is 14.7. The summed E-state index contributed by atoms with van der Waals surface area (Å²) in [6.45, 7) is 2.02. The van der Waals surface area contributed by atoms with Crippen LogP contribution in [0.1, 0.15) is 35.3 Å². The number of amides is 2. The van der Waals surface area contributed by atoms with Crippen LogP contribution in [0.15, 0.2) is 54.6 Å². The van der Waals surface area contributed by atoms with Gasteiger partial charge in [-0.2, -0.15) is 0 Å². The van der Waals surface area contributed by atoms with E-state index >= 15 is 0 Å². The first-order valence-corrected chi connectivity index (χ1v) is 8.45. The molecule has 1 fully saturated rings. The molecule has 0 aliphatic heterocycles. The zero-order chi connectivity index (χ0) is 18.7. The highest BCUT2D eigenvalue weighted by molar-refractivity contribution is 5.99. The number of hydrogen-bond donors (Lipinski definition) is 3. The van der Waals surface area contributed by atoms with Crippen molar-refractivity contribution in [3.8, 4) is 0 Å². The fourth-order valence-corrected chi connectivity index (χ4v) is 2.81. The third-order valence-corrected chi connectivity index (χ3v) is 4.49. The number of carbonyl (C=O) groups is 3. The van der Waals surface area contributed by atoms with E-state index in [-0.39, 0.29) is 17.4 Å². The fourth-order valence-electron chi connectivity index (χ4n) is 2.81. The number of carbonyl (C=O) groups excluding carboxylic acids is 2. The molecule has 2 aromatic rings. The lowest BCUT2D eigenvalue weighted by Crippen LogP contribution is -2.33. The van der Waals surface area contributed by atoms with Crippen molar-refractivity contribution in [3.05, 3.63) is 65.7 Å². The van der Waals surface area contributed by atoms with Gasteiger partial charge in [-0.05, 0) is 36.1 Å². The molecule has 26 heavy (non-hydrogen) atoms. The van der Waals surface area contributed by atoms with E-state index in [2.05, 4.69) is 10.6 Å². The maximum Gasteiger partial charge on any atom is 0.330 e. The van der Waals surface area contributed by atoms with Crippen LogP contribution in [0, 0.1) is 11.8 Å². The molecule has 2 unspecified atom stereocenters. The normalized spacial score (nSPS) is 19.3. The Kier molecular flexibility index (Phi) is 5.02. The number of carboxylic acids is 1. The lowest BCUT2D eigenvalue weighted by Gasteiger charge is -2.15. The third kappa shape index (κ3) is 4.08. The molecule has 6 heteroatoms. The summed E-state index contributed by atoms with van der Waals surface area (Å²) in [6.07, 6.45) is 0.878. The maximum atomic E-state index is 12.5. The Hall–Kier alpha value is -3.15. The van der Waals surface area contributed by atoms with E-state index in [1.165, 1.54) is 0 Å². The summed E-state index contributed by atoms with van der Waals surface area (Å²) < 4.78 is 0. The zero-order valence-electron chi connectivity index (χ0n) is 14.3. The summed E-state index contributed by atoms with van der Waals surface area (Å²) in [5.41, 5.74) is 1.29. The van der Waals surface area contributed by atoms with Crippen LogP contribution in [-0.4, -0.2) is 22.9 Å². The minimum atomic E-state index is -1.14. The topological polar surface area (TPSA) is 95.5 Å². The number of carboxylic acid groups (broad SMARTS) is 1. The summed E-state index contributed by atoms with van der Waals surface area (Å²) >= 11 is 0. The van der Waals surface area contributed by atoms with Crippen LogP contribution < -0.4 is 10.6 Å². The first-order chi connectivity index (χ1) is 12.5. The summed E-state index contributed by atoms with van der Waals surface area (Å²) in [4.78, 5) is 36.0. The van der Waals surface area contributed by atoms with Gasteiger partial charge in [0.25, 0.3) is 5.91 Å². The van der Waals surface area contributed by atoms with Crippen LogP contribution in [0.4, 0.5) is 5.69 Å². The minimum absolute atomic E-state index is 0.0296. The van der Waals surface area contributed by atoms with E-state index in [4.69, 9.17) is 0 Å². The largest absolute Gasteiger partial charge is 0.479 e. The Morgan fingerprint density at radius 2 is 1.77 bits per heavy atom. The molecule has 134 valence electrons. The Labute approximate surface area is 151 Å². The van der Waals surface area contributed by atoms with Crippen molar-refractivity contribution in [2.24, 2.45) is 11.8 Å². The number of aliphatic carboxylic acids is 1. The Bertz CT molecular complexity index is 835. The van der Waals surface area contributed by atoms with E-state index in [1.807, 2.05) is 6.92 Å². The van der Waals surface area contributed by atoms with E-state index in [9.17, 15) is 19.5 Å². The molecule has 3 N–H and O–H groups in total. The monoisotopic (exact) mass is 352 g/mol. The average Bonchev–Trinajstić information content (AvgIpc) is 3.37. The van der Waals surface area contributed by atoms with Crippen LogP contribution >= 0.6 is 0 Å². The van der Waals surface area contributed by atoms with Gasteiger partial charge < -0.3 is 15.7 Å². The smallest absolute Gasteiger partial charge is 0.330 e. The molecule has 2 aromatic carbocycles. The maximum absolute atomic E-state index is 12.5. The Morgan fingerprint density at radius 3 is 2.38 bits per heavy atom. The van der Waals surface area contributed by atoms with Gasteiger partial charge in [-0.15, -0.1) is 0 Å². The van der Waals surface area contributed by atoms with Crippen LogP contribution in [0.3, 0.4) is 0 Å². The van der Waals surface area contributed by atoms with Gasteiger partial charge in [-0.3, -0.25) is 9.59 Å². The van der Waals surface area contributed by atoms with E-state index < -0.39 is 17.9 Å². The van der Waals surface area contributed by atoms with Gasteiger partial charge >= 0.3 is 5.97 Å². The summed E-state index contributed by atoms with van der Waals surface area (Å²) in [5.74, 6) is -1.29. The predicted molar refractivity (Wildman–Crippen MR) is 96.6 cm³/mol. The predicted octanol–water partition coefficient (Wildman–Crippen LogP) is 2.84. The molecule has 3 atom stereocenters. The molecule has 0 radical (unpaired) electrons. The molecule has 1 aliphatic rings. The number of rotatable bonds is 6. The van der Waals surface area contributed by atoms with Gasteiger partial charge in [0.1, 0.15) is 0 Å². The number of hydrogen-bond acceptors (Lipinski definition) is 3. The van der Waals surface area contributed by atoms with E-state index in [0.29, 0.717) is 17.2 Å². The van der Waals surface area contributed by atoms with Crippen LogP contribution in [0.2, 0.25) is 0 Å². The Balaban J connectivity index is 1.71. The van der Waals surface area contributed by atoms with Crippen molar-refractivity contribution in [3.63, 3.8) is 0 Å². The molecule has 2 amide bonds. The molecule has 0 heterocycles. The quantitative estimate of drug-likeness (QED) is 0.745. The molecule has 1 saturated carbocycles. The number of nitrogens with one attached hydrogen (secondary N) is 2. The van der Waals surface area contributed by atoms with Crippen LogP contribution in [-0.2, 0) is 9.59 Å². The second kappa shape index (κ2) is 7.39. The summed E-state index contributed by atoms with van der Waals surface area (Å²) in [7, 11) is 0. The summed E-state index contributed by atoms with van der Waals surface area (Å²) in [6, 6.07) is 13.8. The van der Waals surface area contributed by atoms with E-state index in [1.54, 1.807) is 54.6 Å². The van der Waals surface area contributed by atoms with Crippen molar-refractivity contribution in [2.75, 3.05) is 5.32 Å². The van der Waals surface area contributed by atoms with Crippen LogP contribution in [0.25, 0.3) is 0 Å². The second-order valence-corrected chi connectivity index (χ2v) is 6.54. The van der Waals surface area contributed by atoms with E-state index in [0.717, 1.165) is 6.42 Å². The second-order valence-electron chi connectivity index (χ2n) is 6.54. The standard InChI is InChI=1S/C20H20N2O4/c1-12-10-16(12)19(24)21-15-9-5-8-14(11-15)18(23)22-17(20(25)26)13-6-3-2-4-7-13/h2-9,11-12,16-17H,10H2,1H3,(H,21,24)(H,22,23)(H,25,26)/t12?,16?,17-/m1/s1. The van der Waals surface area contributed by atoms with Gasteiger partial charge in [-0.25, -0.2) is 4.79 Å². The highest BCUT2D eigenvalue weighted by Gasteiger charge is 2.39. The molecule has 6 nitrogen and oxygen atoms in total. The molecular formula is C20H20N2O4. The van der Waals surface area contributed by atoms with Crippen molar-refractivity contribution in [1.29, 1.82) is 0 Å². The zero-order valence-corrected chi connectivity index (χ0v) is 14.3. The van der Waals surface area contributed by atoms with Crippen molar-refractivity contribution >= 4 is 23.5 Å². The van der Waals surface area contributed by atoms with Crippen molar-refractivity contribution in [1.82, 2.24) is 5.32 Å². The lowest BCUT2D eigenvalue weighted by molar-refractivity contribution is -0.139. The molecule has 0 bridgehead atoms. The first kappa shape index (κ1) is 17.7. The van der Waals surface area contributed by atoms with Gasteiger partial charge in [-0.1, -0.05) is 43.3 Å². The first-order valence-electron chi connectivity index (χ1n) is 8.45. The fraction of sp³-hybridized carbons (Fsp3) is 0.250. The van der Waals surface area contributed by atoms with Gasteiger partial charge in [0, 0.05) is 17.2 Å². The van der Waals surface area contributed by atoms with Gasteiger partial charge in [0.15, 0.2) is 6.04 Å². The molecular weight excluding hydrogens is 332 g/mol. The van der Waals surface area contributed by atoms with Crippen molar-refractivity contribution < 1.29 is 19.5 Å². The molecule has 0 spiro atoms. The molecule has 0 saturated heterocycles. The molecule has 0 aromatic heterocycles. The molecule has 1 aliphatic carbocycles. The molecule has 3 rings (SSSR count). The van der Waals surface area contributed by atoms with Crippen LogP contribution in [0.5, 0.6) is 0 Å². The Morgan fingerprint density at radius 1 is 1.08 bits per heavy atom. The van der Waals surface area contributed by atoms with Crippen molar-refractivity contribution in [2.45, 2.75) is 19.4 Å². The van der Waals surface area contributed by atoms with Gasteiger partial charge in [0.2, 0.25) is 5.91 Å². The number of benzene rings is 2. The van der Waals surface area contributed by atoms with Gasteiger partial charge in [0.05, 0.1) is 0 Å². The average molecular weight is 352 g/mol. The number of anilines is 1. The SMILES string of the molecule is CC1CC1C(=O)Nc1cccc(C(=O)N[C@@H](C(=O)O)c2ccccc2)c1.